The third-order valence-corrected chi connectivity index (χ3v) is 2.15. The van der Waals surface area contributed by atoms with Gasteiger partial charge in [-0.25, -0.2) is 0 Å². The first-order valence-corrected chi connectivity index (χ1v) is 5.06. The van der Waals surface area contributed by atoms with Crippen LogP contribution in [-0.2, 0) is 4.79 Å². The normalized spacial score (nSPS) is 12.3. The smallest absolute Gasteiger partial charge is 0.303 e. The second-order valence-corrected chi connectivity index (χ2v) is 3.43. The van der Waals surface area contributed by atoms with Crippen LogP contribution in [0.2, 0.25) is 0 Å². The Morgan fingerprint density at radius 3 is 3.00 bits per heavy atom. The topological polar surface area (TPSA) is 62.2 Å². The average molecular weight is 208 g/mol. The molecule has 0 aliphatic heterocycles. The number of nitrogens with zero attached hydrogens (tertiary/aromatic N) is 1. The van der Waals surface area contributed by atoms with Crippen LogP contribution < -0.4 is 5.32 Å². The maximum absolute atomic E-state index is 10.3. The molecule has 1 aromatic heterocycles. The Morgan fingerprint density at radius 1 is 1.60 bits per heavy atom. The molecule has 0 spiro atoms. The van der Waals surface area contributed by atoms with E-state index in [4.69, 9.17) is 5.11 Å². The van der Waals surface area contributed by atoms with E-state index in [0.29, 0.717) is 13.0 Å². The Morgan fingerprint density at radius 2 is 2.40 bits per heavy atom. The second kappa shape index (κ2) is 6.14. The van der Waals surface area contributed by atoms with Gasteiger partial charge in [0.25, 0.3) is 0 Å². The number of hydrogen-bond acceptors (Lipinski definition) is 3. The summed E-state index contributed by atoms with van der Waals surface area (Å²) in [5.41, 5.74) is 0.979. The van der Waals surface area contributed by atoms with E-state index in [9.17, 15) is 4.79 Å². The summed E-state index contributed by atoms with van der Waals surface area (Å²) in [5.74, 6) is -0.748. The number of hydrogen-bond donors (Lipinski definition) is 2. The van der Waals surface area contributed by atoms with Crippen LogP contribution in [0.4, 0.5) is 0 Å². The van der Waals surface area contributed by atoms with Crippen LogP contribution in [0.1, 0.15) is 31.5 Å². The van der Waals surface area contributed by atoms with Gasteiger partial charge in [0, 0.05) is 18.7 Å². The summed E-state index contributed by atoms with van der Waals surface area (Å²) in [7, 11) is 0. The van der Waals surface area contributed by atoms with Gasteiger partial charge in [0.15, 0.2) is 0 Å². The lowest BCUT2D eigenvalue weighted by atomic mass is 10.2. The predicted molar refractivity (Wildman–Crippen MR) is 57.5 cm³/mol. The van der Waals surface area contributed by atoms with E-state index in [1.165, 1.54) is 0 Å². The zero-order chi connectivity index (χ0) is 11.1. The van der Waals surface area contributed by atoms with Gasteiger partial charge in [-0.15, -0.1) is 0 Å². The molecule has 4 nitrogen and oxygen atoms in total. The SMILES string of the molecule is C[C@@H](NCCCC(=O)O)c1ccccn1. The molecule has 1 heterocycles. The molecule has 1 atom stereocenters. The summed E-state index contributed by atoms with van der Waals surface area (Å²) in [5, 5.41) is 11.7. The van der Waals surface area contributed by atoms with E-state index in [1.54, 1.807) is 6.20 Å². The predicted octanol–water partition coefficient (Wildman–Crippen LogP) is 1.60. The molecular formula is C11H16N2O2. The Kier molecular flexibility index (Phi) is 4.77. The second-order valence-electron chi connectivity index (χ2n) is 3.43. The molecule has 0 aromatic carbocycles. The zero-order valence-corrected chi connectivity index (χ0v) is 8.81. The van der Waals surface area contributed by atoms with Gasteiger partial charge in [0.2, 0.25) is 0 Å². The van der Waals surface area contributed by atoms with Crippen LogP contribution in [0.5, 0.6) is 0 Å². The van der Waals surface area contributed by atoms with Gasteiger partial charge in [-0.3, -0.25) is 9.78 Å². The molecular weight excluding hydrogens is 192 g/mol. The molecule has 1 aromatic rings. The quantitative estimate of drug-likeness (QED) is 0.697. The Bertz CT molecular complexity index is 301. The minimum absolute atomic E-state index is 0.167. The summed E-state index contributed by atoms with van der Waals surface area (Å²) >= 11 is 0. The number of aliphatic carboxylic acids is 1. The van der Waals surface area contributed by atoms with Crippen molar-refractivity contribution in [3.63, 3.8) is 0 Å². The molecule has 0 fully saturated rings. The van der Waals surface area contributed by atoms with Gasteiger partial charge >= 0.3 is 5.97 Å². The first kappa shape index (κ1) is 11.7. The molecule has 15 heavy (non-hydrogen) atoms. The fourth-order valence-corrected chi connectivity index (χ4v) is 1.29. The van der Waals surface area contributed by atoms with Crippen molar-refractivity contribution in [2.24, 2.45) is 0 Å². The maximum Gasteiger partial charge on any atom is 0.303 e. The monoisotopic (exact) mass is 208 g/mol. The number of nitrogens with one attached hydrogen (secondary N) is 1. The molecule has 0 saturated carbocycles. The van der Waals surface area contributed by atoms with Crippen molar-refractivity contribution in [1.82, 2.24) is 10.3 Å². The van der Waals surface area contributed by atoms with Crippen molar-refractivity contribution in [2.45, 2.75) is 25.8 Å². The summed E-state index contributed by atoms with van der Waals surface area (Å²) in [4.78, 5) is 14.5. The van der Waals surface area contributed by atoms with E-state index in [2.05, 4.69) is 10.3 Å². The van der Waals surface area contributed by atoms with E-state index >= 15 is 0 Å². The van der Waals surface area contributed by atoms with Crippen LogP contribution >= 0.6 is 0 Å². The molecule has 4 heteroatoms. The maximum atomic E-state index is 10.3. The first-order valence-electron chi connectivity index (χ1n) is 5.06. The lowest BCUT2D eigenvalue weighted by molar-refractivity contribution is -0.137. The van der Waals surface area contributed by atoms with Gasteiger partial charge in [-0.1, -0.05) is 6.07 Å². The van der Waals surface area contributed by atoms with Crippen molar-refractivity contribution in [3.05, 3.63) is 30.1 Å². The van der Waals surface area contributed by atoms with Gasteiger partial charge in [0.05, 0.1) is 5.69 Å². The Balaban J connectivity index is 2.25. The van der Waals surface area contributed by atoms with Gasteiger partial charge in [0.1, 0.15) is 0 Å². The van der Waals surface area contributed by atoms with E-state index < -0.39 is 5.97 Å². The van der Waals surface area contributed by atoms with Gasteiger partial charge in [-0.2, -0.15) is 0 Å². The minimum Gasteiger partial charge on any atom is -0.481 e. The minimum atomic E-state index is -0.748. The largest absolute Gasteiger partial charge is 0.481 e. The molecule has 0 aliphatic carbocycles. The Labute approximate surface area is 89.3 Å². The number of carbonyl (C=O) groups is 1. The van der Waals surface area contributed by atoms with Crippen LogP contribution in [0.25, 0.3) is 0 Å². The molecule has 0 saturated heterocycles. The molecule has 0 amide bonds. The highest BCUT2D eigenvalue weighted by atomic mass is 16.4. The van der Waals surface area contributed by atoms with Crippen LogP contribution in [0.15, 0.2) is 24.4 Å². The van der Waals surface area contributed by atoms with Crippen LogP contribution in [0, 0.1) is 0 Å². The highest BCUT2D eigenvalue weighted by molar-refractivity contribution is 5.66. The fraction of sp³-hybridized carbons (Fsp3) is 0.455. The molecule has 0 radical (unpaired) electrons. The van der Waals surface area contributed by atoms with Crippen molar-refractivity contribution in [1.29, 1.82) is 0 Å². The first-order chi connectivity index (χ1) is 7.20. The van der Waals surface area contributed by atoms with Crippen molar-refractivity contribution < 1.29 is 9.90 Å². The number of aromatic nitrogens is 1. The van der Waals surface area contributed by atoms with Gasteiger partial charge in [-0.05, 0) is 32.0 Å². The number of carboxylic acid groups (broad SMARTS) is 1. The molecule has 0 unspecified atom stereocenters. The van der Waals surface area contributed by atoms with E-state index in [0.717, 1.165) is 5.69 Å². The summed E-state index contributed by atoms with van der Waals surface area (Å²) < 4.78 is 0. The number of pyridine rings is 1. The fourth-order valence-electron chi connectivity index (χ4n) is 1.29. The van der Waals surface area contributed by atoms with Crippen molar-refractivity contribution in [2.75, 3.05) is 6.54 Å². The Hall–Kier alpha value is -1.42. The van der Waals surface area contributed by atoms with Gasteiger partial charge < -0.3 is 10.4 Å². The molecule has 82 valence electrons. The highest BCUT2D eigenvalue weighted by Crippen LogP contribution is 2.07. The summed E-state index contributed by atoms with van der Waals surface area (Å²) in [6, 6.07) is 5.94. The molecule has 0 bridgehead atoms. The zero-order valence-electron chi connectivity index (χ0n) is 8.81. The summed E-state index contributed by atoms with van der Waals surface area (Å²) in [6.07, 6.45) is 2.61. The van der Waals surface area contributed by atoms with Crippen molar-refractivity contribution >= 4 is 5.97 Å². The standard InChI is InChI=1S/C11H16N2O2/c1-9(10-5-2-3-7-13-10)12-8-4-6-11(14)15/h2-3,5,7,9,12H,4,6,8H2,1H3,(H,14,15)/t9-/m1/s1. The molecule has 0 aliphatic rings. The van der Waals surface area contributed by atoms with Crippen molar-refractivity contribution in [3.8, 4) is 0 Å². The summed E-state index contributed by atoms with van der Waals surface area (Å²) in [6.45, 7) is 2.72. The molecule has 1 rings (SSSR count). The number of rotatable bonds is 6. The highest BCUT2D eigenvalue weighted by Gasteiger charge is 2.04. The molecule has 2 N–H and O–H groups in total. The third kappa shape index (κ3) is 4.56. The van der Waals surface area contributed by atoms with Crippen LogP contribution in [0.3, 0.4) is 0 Å². The van der Waals surface area contributed by atoms with E-state index in [1.807, 2.05) is 25.1 Å². The third-order valence-electron chi connectivity index (χ3n) is 2.15. The number of carboxylic acids is 1. The average Bonchev–Trinajstić information content (AvgIpc) is 2.25. The van der Waals surface area contributed by atoms with Crippen LogP contribution in [-0.4, -0.2) is 22.6 Å². The lowest BCUT2D eigenvalue weighted by Gasteiger charge is -2.12. The lowest BCUT2D eigenvalue weighted by Crippen LogP contribution is -2.21. The van der Waals surface area contributed by atoms with E-state index in [-0.39, 0.29) is 12.5 Å².